The van der Waals surface area contributed by atoms with E-state index in [0.29, 0.717) is 0 Å². The maximum atomic E-state index is 11.3. The number of carbonyl (C=O) groups is 1. The molecule has 2 rings (SSSR count). The molecule has 0 aromatic heterocycles. The van der Waals surface area contributed by atoms with Crippen molar-refractivity contribution in [2.45, 2.75) is 30.5 Å². The largest absolute Gasteiger partial charge is 0.434 e. The summed E-state index contributed by atoms with van der Waals surface area (Å²) in [5.41, 5.74) is 5.64. The maximum Gasteiger partial charge on any atom is 0.328 e. The minimum Gasteiger partial charge on any atom is -0.434 e. The molecule has 0 spiro atoms. The minimum absolute atomic E-state index is 0.412. The van der Waals surface area contributed by atoms with Crippen molar-refractivity contribution in [3.8, 4) is 0 Å². The molecule has 2 heterocycles. The van der Waals surface area contributed by atoms with E-state index in [1.165, 1.54) is 12.3 Å². The van der Waals surface area contributed by atoms with Gasteiger partial charge in [0.25, 0.3) is 0 Å². The van der Waals surface area contributed by atoms with E-state index < -0.39 is 49.0 Å². The lowest BCUT2D eigenvalue weighted by molar-refractivity contribution is -0.144. The zero-order chi connectivity index (χ0) is 12.6. The van der Waals surface area contributed by atoms with Crippen LogP contribution in [0.4, 0.5) is 0 Å². The summed E-state index contributed by atoms with van der Waals surface area (Å²) in [6, 6.07) is -0.954. The van der Waals surface area contributed by atoms with Crippen LogP contribution in [-0.4, -0.2) is 58.4 Å². The van der Waals surface area contributed by atoms with Gasteiger partial charge in [0.05, 0.1) is 19.0 Å². The third-order valence-corrected chi connectivity index (χ3v) is 3.13. The lowest BCUT2D eigenvalue weighted by Crippen LogP contribution is -2.49. The Morgan fingerprint density at radius 2 is 2.06 bits per heavy atom. The highest BCUT2D eigenvalue weighted by atomic mass is 16.6. The summed E-state index contributed by atoms with van der Waals surface area (Å²) in [7, 11) is 0. The first-order valence-corrected chi connectivity index (χ1v) is 5.31. The Labute approximate surface area is 97.4 Å². The maximum absolute atomic E-state index is 11.3. The van der Waals surface area contributed by atoms with Gasteiger partial charge in [0.1, 0.15) is 24.4 Å². The molecule has 0 amide bonds. The van der Waals surface area contributed by atoms with Crippen molar-refractivity contribution in [1.82, 2.24) is 0 Å². The summed E-state index contributed by atoms with van der Waals surface area (Å²) < 4.78 is 9.91. The van der Waals surface area contributed by atoms with Gasteiger partial charge >= 0.3 is 5.97 Å². The van der Waals surface area contributed by atoms with E-state index in [4.69, 9.17) is 15.6 Å². The second-order valence-corrected chi connectivity index (χ2v) is 4.17. The van der Waals surface area contributed by atoms with Crippen molar-refractivity contribution < 1.29 is 29.6 Å². The number of hydrogen-bond acceptors (Lipinski definition) is 7. The summed E-state index contributed by atoms with van der Waals surface area (Å²) in [5.74, 6) is -1.20. The summed E-state index contributed by atoms with van der Waals surface area (Å²) in [5, 5.41) is 28.3. The van der Waals surface area contributed by atoms with E-state index in [9.17, 15) is 15.0 Å². The molecule has 0 radical (unpaired) electrons. The molecular formula is C10H15NO6. The van der Waals surface area contributed by atoms with Gasteiger partial charge in [-0.25, -0.2) is 4.79 Å². The highest BCUT2D eigenvalue weighted by Crippen LogP contribution is 2.30. The van der Waals surface area contributed by atoms with Crippen molar-refractivity contribution in [2.75, 3.05) is 6.61 Å². The molecule has 6 atom stereocenters. The van der Waals surface area contributed by atoms with Crippen molar-refractivity contribution in [2.24, 2.45) is 11.7 Å². The van der Waals surface area contributed by atoms with Crippen LogP contribution in [0.3, 0.4) is 0 Å². The molecule has 0 aliphatic carbocycles. The Balaban J connectivity index is 2.15. The van der Waals surface area contributed by atoms with Crippen LogP contribution in [0.5, 0.6) is 0 Å². The highest BCUT2D eigenvalue weighted by Gasteiger charge is 2.48. The van der Waals surface area contributed by atoms with Crippen molar-refractivity contribution in [3.63, 3.8) is 0 Å². The molecule has 1 fully saturated rings. The number of aliphatic hydroxyl groups is 3. The standard InChI is InChI=1S/C10H15NO6/c11-6-4(1-2-16-10(6)15)9-8(14)7(13)5(3-12)17-9/h1-2,4-9,12-14H,3,11H2/t4?,5-,6?,7-,8-,9?/m1/s1. The predicted octanol–water partition coefficient (Wildman–Crippen LogP) is -2.52. The van der Waals surface area contributed by atoms with Crippen molar-refractivity contribution in [1.29, 1.82) is 0 Å². The fraction of sp³-hybridized carbons (Fsp3) is 0.700. The van der Waals surface area contributed by atoms with Gasteiger partial charge in [-0.1, -0.05) is 0 Å². The number of hydrogen-bond donors (Lipinski definition) is 4. The van der Waals surface area contributed by atoms with E-state index in [-0.39, 0.29) is 0 Å². The molecule has 0 bridgehead atoms. The summed E-state index contributed by atoms with van der Waals surface area (Å²) >= 11 is 0. The molecule has 3 unspecified atom stereocenters. The molecule has 0 aromatic carbocycles. The second kappa shape index (κ2) is 4.71. The fourth-order valence-electron chi connectivity index (χ4n) is 2.11. The van der Waals surface area contributed by atoms with E-state index >= 15 is 0 Å². The number of cyclic esters (lactones) is 1. The van der Waals surface area contributed by atoms with Crippen molar-refractivity contribution >= 4 is 5.97 Å². The SMILES string of the molecule is NC1C(=O)OC=CC1C1O[C@H](CO)[C@@H](O)[C@H]1O. The number of esters is 1. The summed E-state index contributed by atoms with van der Waals surface area (Å²) in [4.78, 5) is 11.3. The van der Waals surface area contributed by atoms with Gasteiger partial charge in [-0.2, -0.15) is 0 Å². The molecule has 2 aliphatic rings. The average Bonchev–Trinajstić information content (AvgIpc) is 2.60. The fourth-order valence-corrected chi connectivity index (χ4v) is 2.11. The van der Waals surface area contributed by atoms with Gasteiger partial charge in [0.15, 0.2) is 0 Å². The number of rotatable bonds is 2. The van der Waals surface area contributed by atoms with Crippen LogP contribution >= 0.6 is 0 Å². The van der Waals surface area contributed by atoms with Crippen LogP contribution < -0.4 is 5.73 Å². The first-order valence-electron chi connectivity index (χ1n) is 5.31. The molecule has 0 aromatic rings. The molecule has 96 valence electrons. The van der Waals surface area contributed by atoms with Crippen LogP contribution in [0.25, 0.3) is 0 Å². The number of carbonyl (C=O) groups excluding carboxylic acids is 1. The van der Waals surface area contributed by atoms with E-state index in [2.05, 4.69) is 4.74 Å². The monoisotopic (exact) mass is 245 g/mol. The number of ether oxygens (including phenoxy) is 2. The smallest absolute Gasteiger partial charge is 0.328 e. The van der Waals surface area contributed by atoms with Crippen LogP contribution in [0.15, 0.2) is 12.3 Å². The van der Waals surface area contributed by atoms with Gasteiger partial charge in [0, 0.05) is 5.92 Å². The number of nitrogens with two attached hydrogens (primary N) is 1. The zero-order valence-electron chi connectivity index (χ0n) is 8.97. The summed E-state index contributed by atoms with van der Waals surface area (Å²) in [6.07, 6.45) is -1.39. The molecule has 1 saturated heterocycles. The van der Waals surface area contributed by atoms with E-state index in [1.54, 1.807) is 0 Å². The molecule has 5 N–H and O–H groups in total. The van der Waals surface area contributed by atoms with Gasteiger partial charge < -0.3 is 30.5 Å². The zero-order valence-corrected chi connectivity index (χ0v) is 8.97. The predicted molar refractivity (Wildman–Crippen MR) is 54.5 cm³/mol. The van der Waals surface area contributed by atoms with E-state index in [1.807, 2.05) is 0 Å². The van der Waals surface area contributed by atoms with Gasteiger partial charge in [-0.05, 0) is 6.08 Å². The van der Waals surface area contributed by atoms with Crippen LogP contribution in [-0.2, 0) is 14.3 Å². The lowest BCUT2D eigenvalue weighted by Gasteiger charge is -2.28. The molecule has 7 nitrogen and oxygen atoms in total. The third-order valence-electron chi connectivity index (χ3n) is 3.13. The molecule has 17 heavy (non-hydrogen) atoms. The molecule has 7 heteroatoms. The first-order chi connectivity index (χ1) is 8.06. The van der Waals surface area contributed by atoms with Crippen molar-refractivity contribution in [3.05, 3.63) is 12.3 Å². The molecule has 2 aliphatic heterocycles. The Hall–Kier alpha value is -0.990. The Morgan fingerprint density at radius 1 is 1.35 bits per heavy atom. The van der Waals surface area contributed by atoms with Crippen LogP contribution in [0.2, 0.25) is 0 Å². The quantitative estimate of drug-likeness (QED) is 0.396. The lowest BCUT2D eigenvalue weighted by atomic mass is 9.89. The normalized spacial score (nSPS) is 46.0. The Kier molecular flexibility index (Phi) is 3.45. The Bertz CT molecular complexity index is 333. The van der Waals surface area contributed by atoms with Gasteiger partial charge in [-0.15, -0.1) is 0 Å². The molecule has 0 saturated carbocycles. The van der Waals surface area contributed by atoms with Crippen LogP contribution in [0.1, 0.15) is 0 Å². The third kappa shape index (κ3) is 2.07. The van der Waals surface area contributed by atoms with E-state index in [0.717, 1.165) is 0 Å². The molecular weight excluding hydrogens is 230 g/mol. The highest BCUT2D eigenvalue weighted by molar-refractivity contribution is 5.77. The van der Waals surface area contributed by atoms with Gasteiger partial charge in [0.2, 0.25) is 0 Å². The van der Waals surface area contributed by atoms with Gasteiger partial charge in [-0.3, -0.25) is 0 Å². The Morgan fingerprint density at radius 3 is 2.65 bits per heavy atom. The average molecular weight is 245 g/mol. The topological polar surface area (TPSA) is 122 Å². The number of aliphatic hydroxyl groups excluding tert-OH is 3. The first kappa shape index (κ1) is 12.5. The van der Waals surface area contributed by atoms with Crippen LogP contribution in [0, 0.1) is 5.92 Å². The second-order valence-electron chi connectivity index (χ2n) is 4.17. The minimum atomic E-state index is -1.20. The summed E-state index contributed by atoms with van der Waals surface area (Å²) in [6.45, 7) is -0.412.